The zero-order valence-electron chi connectivity index (χ0n) is 13.2. The van der Waals surface area contributed by atoms with Gasteiger partial charge in [-0.1, -0.05) is 12.1 Å². The Morgan fingerprint density at radius 3 is 2.24 bits per heavy atom. The maximum Gasteiger partial charge on any atom is 0.418 e. The first-order valence-electron chi connectivity index (χ1n) is 7.22. The lowest BCUT2D eigenvalue weighted by Gasteiger charge is -2.13. The van der Waals surface area contributed by atoms with Crippen molar-refractivity contribution in [1.82, 2.24) is 0 Å². The molecular formula is C17H15F3N2O2S. The second-order valence-electron chi connectivity index (χ2n) is 5.09. The fraction of sp³-hybridized carbons (Fsp3) is 0.176. The predicted molar refractivity (Wildman–Crippen MR) is 91.5 cm³/mol. The zero-order valence-corrected chi connectivity index (χ0v) is 14.0. The lowest BCUT2D eigenvalue weighted by molar-refractivity contribution is -0.137. The van der Waals surface area contributed by atoms with E-state index in [-0.39, 0.29) is 17.3 Å². The summed E-state index contributed by atoms with van der Waals surface area (Å²) < 4.78 is 38.7. The molecule has 2 N–H and O–H groups in total. The summed E-state index contributed by atoms with van der Waals surface area (Å²) in [5.41, 5.74) is -0.518. The Morgan fingerprint density at radius 1 is 1.00 bits per heavy atom. The van der Waals surface area contributed by atoms with Crippen molar-refractivity contribution in [2.24, 2.45) is 0 Å². The lowest BCUT2D eigenvalue weighted by Crippen LogP contribution is -2.18. The van der Waals surface area contributed by atoms with Crippen molar-refractivity contribution in [2.45, 2.75) is 18.0 Å². The highest BCUT2D eigenvalue weighted by Gasteiger charge is 2.33. The van der Waals surface area contributed by atoms with E-state index in [1.165, 1.54) is 36.9 Å². The summed E-state index contributed by atoms with van der Waals surface area (Å²) in [5, 5.41) is 4.90. The molecule has 0 aliphatic heterocycles. The molecule has 0 spiro atoms. The minimum atomic E-state index is -4.53. The molecule has 2 aromatic rings. The standard InChI is InChI=1S/C17H15F3N2O2S/c1-11(23)21-12-6-8-13(9-7-12)25-10-16(24)22-15-5-3-2-4-14(15)17(18,19)20/h2-9H,10H2,1H3,(H,21,23)(H,22,24). The van der Waals surface area contributed by atoms with Crippen molar-refractivity contribution in [2.75, 3.05) is 16.4 Å². The van der Waals surface area contributed by atoms with Gasteiger partial charge in [-0.05, 0) is 36.4 Å². The third-order valence-electron chi connectivity index (χ3n) is 3.05. The third kappa shape index (κ3) is 5.82. The zero-order chi connectivity index (χ0) is 18.4. The van der Waals surface area contributed by atoms with E-state index < -0.39 is 17.6 Å². The second-order valence-corrected chi connectivity index (χ2v) is 6.13. The van der Waals surface area contributed by atoms with Gasteiger partial charge in [-0.3, -0.25) is 9.59 Å². The van der Waals surface area contributed by atoms with Crippen molar-refractivity contribution in [1.29, 1.82) is 0 Å². The molecule has 0 radical (unpaired) electrons. The van der Waals surface area contributed by atoms with Crippen LogP contribution in [0.2, 0.25) is 0 Å². The van der Waals surface area contributed by atoms with Crippen LogP contribution in [0.3, 0.4) is 0 Å². The van der Waals surface area contributed by atoms with Crippen molar-refractivity contribution in [3.63, 3.8) is 0 Å². The Hall–Kier alpha value is -2.48. The van der Waals surface area contributed by atoms with Crippen molar-refractivity contribution in [3.05, 3.63) is 54.1 Å². The monoisotopic (exact) mass is 368 g/mol. The Balaban J connectivity index is 1.94. The van der Waals surface area contributed by atoms with Gasteiger partial charge in [0.15, 0.2) is 0 Å². The Kier molecular flexibility index (Phi) is 6.08. The van der Waals surface area contributed by atoms with Gasteiger partial charge in [-0.2, -0.15) is 13.2 Å². The molecule has 0 heterocycles. The van der Waals surface area contributed by atoms with E-state index in [1.807, 2.05) is 0 Å². The normalized spacial score (nSPS) is 11.0. The van der Waals surface area contributed by atoms with Gasteiger partial charge in [-0.15, -0.1) is 11.8 Å². The van der Waals surface area contributed by atoms with E-state index in [2.05, 4.69) is 10.6 Å². The number of hydrogen-bond acceptors (Lipinski definition) is 3. The van der Waals surface area contributed by atoms with Gasteiger partial charge in [0.2, 0.25) is 11.8 Å². The number of benzene rings is 2. The molecule has 8 heteroatoms. The first kappa shape index (κ1) is 18.9. The van der Waals surface area contributed by atoms with Crippen molar-refractivity contribution < 1.29 is 22.8 Å². The highest BCUT2D eigenvalue weighted by molar-refractivity contribution is 8.00. The smallest absolute Gasteiger partial charge is 0.326 e. The number of nitrogens with one attached hydrogen (secondary N) is 2. The molecule has 0 saturated carbocycles. The number of carbonyl (C=O) groups is 2. The summed E-state index contributed by atoms with van der Waals surface area (Å²) in [6.07, 6.45) is -4.53. The molecule has 4 nitrogen and oxygen atoms in total. The van der Waals surface area contributed by atoms with Crippen molar-refractivity contribution in [3.8, 4) is 0 Å². The summed E-state index contributed by atoms with van der Waals surface area (Å²) in [6, 6.07) is 11.6. The largest absolute Gasteiger partial charge is 0.418 e. The maximum atomic E-state index is 12.9. The molecule has 0 aliphatic rings. The van der Waals surface area contributed by atoms with Crippen LogP contribution in [-0.4, -0.2) is 17.6 Å². The highest BCUT2D eigenvalue weighted by Crippen LogP contribution is 2.34. The van der Waals surface area contributed by atoms with Crippen LogP contribution in [0.1, 0.15) is 12.5 Å². The van der Waals surface area contributed by atoms with Crippen LogP contribution in [0.4, 0.5) is 24.5 Å². The Labute approximate surface area is 146 Å². The van der Waals surface area contributed by atoms with Gasteiger partial charge in [0.25, 0.3) is 0 Å². The second kappa shape index (κ2) is 8.06. The van der Waals surface area contributed by atoms with Crippen LogP contribution in [0.5, 0.6) is 0 Å². The molecule has 0 unspecified atom stereocenters. The number of amides is 2. The number of rotatable bonds is 5. The fourth-order valence-electron chi connectivity index (χ4n) is 2.01. The minimum absolute atomic E-state index is 0.0360. The number of alkyl halides is 3. The quantitative estimate of drug-likeness (QED) is 0.770. The number of carbonyl (C=O) groups excluding carboxylic acids is 2. The molecular weight excluding hydrogens is 353 g/mol. The van der Waals surface area contributed by atoms with Crippen LogP contribution in [0.15, 0.2) is 53.4 Å². The van der Waals surface area contributed by atoms with Crippen LogP contribution in [0, 0.1) is 0 Å². The molecule has 25 heavy (non-hydrogen) atoms. The molecule has 0 aromatic heterocycles. The number of halogens is 3. The molecule has 2 rings (SSSR count). The summed E-state index contributed by atoms with van der Waals surface area (Å²) in [7, 11) is 0. The molecule has 2 aromatic carbocycles. The number of thioether (sulfide) groups is 1. The van der Waals surface area contributed by atoms with E-state index in [4.69, 9.17) is 0 Å². The molecule has 0 atom stereocenters. The molecule has 0 bridgehead atoms. The topological polar surface area (TPSA) is 58.2 Å². The number of anilines is 2. The molecule has 0 saturated heterocycles. The predicted octanol–water partition coefficient (Wildman–Crippen LogP) is 4.39. The summed E-state index contributed by atoms with van der Waals surface area (Å²) >= 11 is 1.18. The first-order chi connectivity index (χ1) is 11.8. The van der Waals surface area contributed by atoms with E-state index in [1.54, 1.807) is 24.3 Å². The lowest BCUT2D eigenvalue weighted by atomic mass is 10.1. The van der Waals surface area contributed by atoms with Crippen LogP contribution < -0.4 is 10.6 Å². The van der Waals surface area contributed by atoms with Crippen molar-refractivity contribution >= 4 is 35.0 Å². The minimum Gasteiger partial charge on any atom is -0.326 e. The van der Waals surface area contributed by atoms with Crippen LogP contribution in [0.25, 0.3) is 0 Å². The molecule has 132 valence electrons. The van der Waals surface area contributed by atoms with Crippen LogP contribution in [-0.2, 0) is 15.8 Å². The van der Waals surface area contributed by atoms with Gasteiger partial charge < -0.3 is 10.6 Å². The third-order valence-corrected chi connectivity index (χ3v) is 4.06. The summed E-state index contributed by atoms with van der Waals surface area (Å²) in [6.45, 7) is 1.39. The fourth-order valence-corrected chi connectivity index (χ4v) is 2.71. The van der Waals surface area contributed by atoms with E-state index in [9.17, 15) is 22.8 Å². The summed E-state index contributed by atoms with van der Waals surface area (Å²) in [4.78, 5) is 23.6. The summed E-state index contributed by atoms with van der Waals surface area (Å²) in [5.74, 6) is -0.762. The SMILES string of the molecule is CC(=O)Nc1ccc(SCC(=O)Nc2ccccc2C(F)(F)F)cc1. The van der Waals surface area contributed by atoms with Gasteiger partial charge >= 0.3 is 6.18 Å². The molecule has 2 amide bonds. The Bertz CT molecular complexity index is 761. The van der Waals surface area contributed by atoms with Gasteiger partial charge in [0.05, 0.1) is 17.0 Å². The van der Waals surface area contributed by atoms with Gasteiger partial charge in [0.1, 0.15) is 0 Å². The molecule has 0 aliphatic carbocycles. The Morgan fingerprint density at radius 2 is 1.64 bits per heavy atom. The first-order valence-corrected chi connectivity index (χ1v) is 8.21. The van der Waals surface area contributed by atoms with Gasteiger partial charge in [-0.25, -0.2) is 0 Å². The van der Waals surface area contributed by atoms with E-state index >= 15 is 0 Å². The van der Waals surface area contributed by atoms with E-state index in [0.29, 0.717) is 5.69 Å². The van der Waals surface area contributed by atoms with Crippen LogP contribution >= 0.6 is 11.8 Å². The van der Waals surface area contributed by atoms with Gasteiger partial charge in [0, 0.05) is 17.5 Å². The average molecular weight is 368 g/mol. The average Bonchev–Trinajstić information content (AvgIpc) is 2.53. The molecule has 0 fully saturated rings. The maximum absolute atomic E-state index is 12.9. The van der Waals surface area contributed by atoms with E-state index in [0.717, 1.165) is 11.0 Å². The number of para-hydroxylation sites is 1. The highest BCUT2D eigenvalue weighted by atomic mass is 32.2. The number of hydrogen-bond donors (Lipinski definition) is 2.